The molecule has 1 N–H and O–H groups in total. The molecule has 1 aliphatic rings. The average molecular weight is 468 g/mol. The Hall–Kier alpha value is -3.32. The number of methoxy groups -OCH3 is 1. The monoisotopic (exact) mass is 467 g/mol. The van der Waals surface area contributed by atoms with E-state index in [0.717, 1.165) is 6.42 Å². The van der Waals surface area contributed by atoms with Crippen LogP contribution in [0.1, 0.15) is 50.8 Å². The highest BCUT2D eigenvalue weighted by Crippen LogP contribution is 2.42. The van der Waals surface area contributed by atoms with E-state index >= 15 is 0 Å². The summed E-state index contributed by atoms with van der Waals surface area (Å²) in [5.74, 6) is -0.385. The van der Waals surface area contributed by atoms with Gasteiger partial charge in [0.15, 0.2) is 0 Å². The maximum absolute atomic E-state index is 13.2. The molecule has 1 unspecified atom stereocenters. The minimum atomic E-state index is -0.772. The molecule has 1 heterocycles. The highest BCUT2D eigenvalue weighted by atomic mass is 16.5. The van der Waals surface area contributed by atoms with Gasteiger partial charge in [-0.2, -0.15) is 0 Å². The topological polar surface area (TPSA) is 85.3 Å². The minimum absolute atomic E-state index is 0.0431. The Morgan fingerprint density at radius 2 is 1.76 bits per heavy atom. The van der Waals surface area contributed by atoms with Crippen LogP contribution in [0.15, 0.2) is 54.1 Å². The van der Waals surface area contributed by atoms with Crippen LogP contribution in [0.3, 0.4) is 0 Å². The number of hydrogen-bond acceptors (Lipinski definition) is 6. The third-order valence-electron chi connectivity index (χ3n) is 5.57. The van der Waals surface area contributed by atoms with E-state index in [1.54, 1.807) is 30.3 Å². The number of para-hydroxylation sites is 1. The number of hydrogen-bond donors (Lipinski definition) is 1. The number of carbonyl (C=O) groups is 2. The molecule has 1 saturated heterocycles. The van der Waals surface area contributed by atoms with Crippen molar-refractivity contribution >= 4 is 17.4 Å². The van der Waals surface area contributed by atoms with Gasteiger partial charge in [-0.1, -0.05) is 25.1 Å². The molecular weight excluding hydrogens is 434 g/mol. The first-order chi connectivity index (χ1) is 16.4. The molecule has 0 saturated carbocycles. The molecule has 3 rings (SSSR count). The number of ketones is 1. The largest absolute Gasteiger partial charge is 0.507 e. The van der Waals surface area contributed by atoms with Crippen molar-refractivity contribution in [2.75, 3.05) is 26.9 Å². The average Bonchev–Trinajstić information content (AvgIpc) is 3.09. The summed E-state index contributed by atoms with van der Waals surface area (Å²) in [6.07, 6.45) is 1.51. The summed E-state index contributed by atoms with van der Waals surface area (Å²) in [4.78, 5) is 27.7. The number of benzene rings is 2. The van der Waals surface area contributed by atoms with Crippen molar-refractivity contribution < 1.29 is 28.9 Å². The van der Waals surface area contributed by atoms with E-state index in [2.05, 4.69) is 0 Å². The summed E-state index contributed by atoms with van der Waals surface area (Å²) in [5.41, 5.74) is 1.12. The summed E-state index contributed by atoms with van der Waals surface area (Å²) >= 11 is 0. The number of Topliss-reactive ketones (excluding diaryl/α,β-unsaturated/α-hetero) is 1. The number of aliphatic hydroxyl groups is 1. The van der Waals surface area contributed by atoms with Crippen LogP contribution >= 0.6 is 0 Å². The fourth-order valence-corrected chi connectivity index (χ4v) is 3.96. The zero-order valence-corrected chi connectivity index (χ0v) is 20.2. The van der Waals surface area contributed by atoms with Gasteiger partial charge in [-0.3, -0.25) is 9.59 Å². The summed E-state index contributed by atoms with van der Waals surface area (Å²) in [6, 6.07) is 13.3. The Bertz CT molecular complexity index is 1030. The fourth-order valence-electron chi connectivity index (χ4n) is 3.96. The normalized spacial score (nSPS) is 17.4. The van der Waals surface area contributed by atoms with Crippen LogP contribution in [0, 0.1) is 0 Å². The standard InChI is InChI=1S/C27H33NO6/c1-5-16-34-20-13-11-19(12-14-20)25(29)23-24(21-9-6-7-10-22(21)32-4)28(27(31)26(23)30)15-8-17-33-18(2)3/h6-7,9-14,18,24,29H,5,8,15-17H2,1-4H3/b25-23-. The van der Waals surface area contributed by atoms with Gasteiger partial charge in [0.25, 0.3) is 11.7 Å². The van der Waals surface area contributed by atoms with Crippen molar-refractivity contribution in [2.24, 2.45) is 0 Å². The number of ether oxygens (including phenoxy) is 3. The van der Waals surface area contributed by atoms with Crippen LogP contribution in [0.4, 0.5) is 0 Å². The van der Waals surface area contributed by atoms with Crippen molar-refractivity contribution in [1.29, 1.82) is 0 Å². The van der Waals surface area contributed by atoms with Crippen molar-refractivity contribution in [3.63, 3.8) is 0 Å². The predicted molar refractivity (Wildman–Crippen MR) is 130 cm³/mol. The minimum Gasteiger partial charge on any atom is -0.507 e. The highest BCUT2D eigenvalue weighted by molar-refractivity contribution is 6.46. The molecule has 0 aromatic heterocycles. The van der Waals surface area contributed by atoms with Crippen molar-refractivity contribution in [2.45, 2.75) is 45.8 Å². The number of likely N-dealkylation sites (tertiary alicyclic amines) is 1. The van der Waals surface area contributed by atoms with Gasteiger partial charge in [-0.05, 0) is 57.0 Å². The van der Waals surface area contributed by atoms with Crippen molar-refractivity contribution in [1.82, 2.24) is 4.90 Å². The molecule has 34 heavy (non-hydrogen) atoms. The van der Waals surface area contributed by atoms with Crippen LogP contribution in [-0.2, 0) is 14.3 Å². The molecule has 0 aliphatic carbocycles. The van der Waals surface area contributed by atoms with Gasteiger partial charge in [0.1, 0.15) is 17.3 Å². The number of carbonyl (C=O) groups excluding carboxylic acids is 2. The van der Waals surface area contributed by atoms with Gasteiger partial charge in [-0.25, -0.2) is 0 Å². The maximum atomic E-state index is 13.2. The van der Waals surface area contributed by atoms with Crippen molar-refractivity contribution in [3.05, 3.63) is 65.2 Å². The van der Waals surface area contributed by atoms with Gasteiger partial charge >= 0.3 is 0 Å². The maximum Gasteiger partial charge on any atom is 0.295 e. The van der Waals surface area contributed by atoms with Gasteiger partial charge in [-0.15, -0.1) is 0 Å². The molecule has 0 bridgehead atoms. The smallest absolute Gasteiger partial charge is 0.295 e. The lowest BCUT2D eigenvalue weighted by Crippen LogP contribution is -2.31. The van der Waals surface area contributed by atoms with Crippen LogP contribution in [-0.4, -0.2) is 54.7 Å². The fraction of sp³-hybridized carbons (Fsp3) is 0.407. The summed E-state index contributed by atoms with van der Waals surface area (Å²) in [7, 11) is 1.54. The zero-order chi connectivity index (χ0) is 24.7. The van der Waals surface area contributed by atoms with E-state index < -0.39 is 17.7 Å². The Balaban J connectivity index is 2.02. The first kappa shape index (κ1) is 25.3. The molecule has 2 aromatic rings. The molecule has 0 radical (unpaired) electrons. The van der Waals surface area contributed by atoms with Crippen molar-refractivity contribution in [3.8, 4) is 11.5 Å². The zero-order valence-electron chi connectivity index (χ0n) is 20.2. The third-order valence-corrected chi connectivity index (χ3v) is 5.57. The molecule has 1 fully saturated rings. The van der Waals surface area contributed by atoms with Crippen LogP contribution < -0.4 is 9.47 Å². The van der Waals surface area contributed by atoms with Gasteiger partial charge in [0.05, 0.1) is 31.4 Å². The van der Waals surface area contributed by atoms with Gasteiger partial charge < -0.3 is 24.2 Å². The molecule has 2 aromatic carbocycles. The lowest BCUT2D eigenvalue weighted by atomic mass is 9.94. The van der Waals surface area contributed by atoms with E-state index in [4.69, 9.17) is 14.2 Å². The molecule has 182 valence electrons. The number of aliphatic hydroxyl groups excluding tert-OH is 1. The second-order valence-corrected chi connectivity index (χ2v) is 8.38. The summed E-state index contributed by atoms with van der Waals surface area (Å²) in [5, 5.41) is 11.2. The van der Waals surface area contributed by atoms with Gasteiger partial charge in [0, 0.05) is 24.3 Å². The SMILES string of the molecule is CCCOc1ccc(/C(O)=C2/C(=O)C(=O)N(CCCOC(C)C)C2c2ccccc2OC)cc1. The Labute approximate surface area is 200 Å². The summed E-state index contributed by atoms with van der Waals surface area (Å²) < 4.78 is 16.7. The second-order valence-electron chi connectivity index (χ2n) is 8.38. The molecule has 0 spiro atoms. The van der Waals surface area contributed by atoms with E-state index in [9.17, 15) is 14.7 Å². The Morgan fingerprint density at radius 3 is 2.41 bits per heavy atom. The van der Waals surface area contributed by atoms with Crippen LogP contribution in [0.25, 0.3) is 5.76 Å². The van der Waals surface area contributed by atoms with E-state index in [1.807, 2.05) is 39.0 Å². The first-order valence-electron chi connectivity index (χ1n) is 11.6. The lowest BCUT2D eigenvalue weighted by molar-refractivity contribution is -0.140. The molecular formula is C27H33NO6. The second kappa shape index (κ2) is 11.7. The first-order valence-corrected chi connectivity index (χ1v) is 11.6. The van der Waals surface area contributed by atoms with Gasteiger partial charge in [0.2, 0.25) is 0 Å². The third kappa shape index (κ3) is 5.59. The quantitative estimate of drug-likeness (QED) is 0.223. The Morgan fingerprint density at radius 1 is 1.06 bits per heavy atom. The molecule has 1 aliphatic heterocycles. The van der Waals surface area contributed by atoms with E-state index in [-0.39, 0.29) is 17.4 Å². The Kier molecular flexibility index (Phi) is 8.71. The highest BCUT2D eigenvalue weighted by Gasteiger charge is 2.46. The number of rotatable bonds is 11. The van der Waals surface area contributed by atoms with E-state index in [1.165, 1.54) is 12.0 Å². The molecule has 7 heteroatoms. The molecule has 1 amide bonds. The lowest BCUT2D eigenvalue weighted by Gasteiger charge is -2.26. The summed E-state index contributed by atoms with van der Waals surface area (Å²) in [6.45, 7) is 7.26. The number of nitrogens with zero attached hydrogens (tertiary/aromatic N) is 1. The predicted octanol–water partition coefficient (Wildman–Crippen LogP) is 4.72. The molecule has 1 atom stereocenters. The van der Waals surface area contributed by atoms with Crippen LogP contribution in [0.5, 0.6) is 11.5 Å². The van der Waals surface area contributed by atoms with Crippen LogP contribution in [0.2, 0.25) is 0 Å². The molecule has 7 nitrogen and oxygen atoms in total. The number of amides is 1. The van der Waals surface area contributed by atoms with E-state index in [0.29, 0.717) is 48.8 Å².